The third-order valence-corrected chi connectivity index (χ3v) is 2.39. The molecule has 3 N–H and O–H groups in total. The van der Waals surface area contributed by atoms with Crippen LogP contribution in [0.5, 0.6) is 0 Å². The summed E-state index contributed by atoms with van der Waals surface area (Å²) in [4.78, 5) is 24.4. The predicted molar refractivity (Wildman–Crippen MR) is 31.9 cm³/mol. The molecule has 0 fully saturated rings. The van der Waals surface area contributed by atoms with Gasteiger partial charge in [0.1, 0.15) is 0 Å². The standard InChI is InChI=1S/Au.ClH.H3O5Si3/c;;1-6-4-8(3)5-7-2/h;1H;1-3H/q+1;;/p-1. The fraction of sp³-hybridized carbons (Fsp3) is 0. The van der Waals surface area contributed by atoms with Crippen LogP contribution in [0, 0.1) is 0 Å². The predicted octanol–water partition coefficient (Wildman–Crippen LogP) is -2.26. The fourth-order valence-corrected chi connectivity index (χ4v) is 1.27. The van der Waals surface area contributed by atoms with Crippen molar-refractivity contribution in [2.75, 3.05) is 0 Å². The molecule has 0 saturated heterocycles. The molecule has 10 heteroatoms. The van der Waals surface area contributed by atoms with Gasteiger partial charge in [-0.05, 0) is 0 Å². The van der Waals surface area contributed by atoms with E-state index < -0.39 is 29.5 Å². The Morgan fingerprint density at radius 1 is 1.20 bits per heavy atom. The SMILES string of the molecule is O[Si]O[Si](O)O[Si]O.[Cl][Au]. The number of rotatable bonds is 4. The van der Waals surface area contributed by atoms with Crippen molar-refractivity contribution in [2.45, 2.75) is 0 Å². The Kier molecular flexibility index (Phi) is 18.4. The normalized spacial score (nSPS) is 9.10. The summed E-state index contributed by atoms with van der Waals surface area (Å²) in [6.07, 6.45) is 0. The van der Waals surface area contributed by atoms with E-state index in [-0.39, 0.29) is 0 Å². The van der Waals surface area contributed by atoms with Crippen molar-refractivity contribution >= 4 is 38.7 Å². The van der Waals surface area contributed by atoms with Crippen molar-refractivity contribution in [3.05, 3.63) is 0 Å². The number of hydrogen-bond donors (Lipinski definition) is 3. The van der Waals surface area contributed by atoms with Crippen LogP contribution in [0.2, 0.25) is 0 Å². The van der Waals surface area contributed by atoms with Crippen LogP contribution in [0.3, 0.4) is 0 Å². The van der Waals surface area contributed by atoms with E-state index >= 15 is 0 Å². The van der Waals surface area contributed by atoms with Crippen molar-refractivity contribution in [1.29, 1.82) is 0 Å². The summed E-state index contributed by atoms with van der Waals surface area (Å²) in [6, 6.07) is 0. The van der Waals surface area contributed by atoms with Gasteiger partial charge in [0.2, 0.25) is 0 Å². The summed E-state index contributed by atoms with van der Waals surface area (Å²) in [6.45, 7) is 0. The average molecular weight is 400 g/mol. The van der Waals surface area contributed by atoms with E-state index in [4.69, 9.17) is 14.4 Å². The van der Waals surface area contributed by atoms with Crippen LogP contribution in [0.1, 0.15) is 0 Å². The molecule has 0 saturated carbocycles. The van der Waals surface area contributed by atoms with Crippen molar-refractivity contribution in [1.82, 2.24) is 0 Å². The molecule has 5 radical (unpaired) electrons. The van der Waals surface area contributed by atoms with Crippen LogP contribution in [0.4, 0.5) is 0 Å². The number of halogens is 1. The molecule has 0 aliphatic carbocycles. The van der Waals surface area contributed by atoms with Gasteiger partial charge in [0.15, 0.2) is 0 Å². The molecule has 63 valence electrons. The van der Waals surface area contributed by atoms with Crippen LogP contribution >= 0.6 is 9.19 Å². The molecule has 0 aromatic carbocycles. The van der Waals surface area contributed by atoms with Gasteiger partial charge in [-0.15, -0.1) is 0 Å². The fourth-order valence-electron chi connectivity index (χ4n) is 0.0989. The molecule has 0 spiro atoms. The Bertz CT molecular complexity index is 50.2. The monoisotopic (exact) mass is 399 g/mol. The van der Waals surface area contributed by atoms with Crippen LogP contribution in [0.25, 0.3) is 0 Å². The Labute approximate surface area is 81.1 Å². The Balaban J connectivity index is 0. The minimum atomic E-state index is -2.37. The molecule has 0 amide bonds. The van der Waals surface area contributed by atoms with Gasteiger partial charge >= 0.3 is 58.7 Å². The molecule has 5 nitrogen and oxygen atoms in total. The third-order valence-electron chi connectivity index (χ3n) is 0.266. The summed E-state index contributed by atoms with van der Waals surface area (Å²) < 4.78 is 8.30. The second kappa shape index (κ2) is 13.1. The van der Waals surface area contributed by atoms with Crippen molar-refractivity contribution in [3.8, 4) is 0 Å². The van der Waals surface area contributed by atoms with E-state index in [0.717, 1.165) is 0 Å². The molecular weight excluding hydrogens is 397 g/mol. The van der Waals surface area contributed by atoms with Gasteiger partial charge in [0, 0.05) is 0 Å². The summed E-state index contributed by atoms with van der Waals surface area (Å²) in [5.41, 5.74) is 0. The van der Waals surface area contributed by atoms with Crippen molar-refractivity contribution in [3.63, 3.8) is 0 Å². The first-order valence-electron chi connectivity index (χ1n) is 1.60. The first-order chi connectivity index (χ1) is 4.81. The van der Waals surface area contributed by atoms with Gasteiger partial charge in [-0.2, -0.15) is 0 Å². The first kappa shape index (κ1) is 14.0. The molecule has 0 heterocycles. The summed E-state index contributed by atoms with van der Waals surface area (Å²) in [5, 5.41) is 0. The van der Waals surface area contributed by atoms with E-state index in [2.05, 4.69) is 17.4 Å². The number of hydrogen-bond acceptors (Lipinski definition) is 5. The van der Waals surface area contributed by atoms with E-state index in [0.29, 0.717) is 0 Å². The topological polar surface area (TPSA) is 79.2 Å². The molecule has 0 aromatic heterocycles. The maximum atomic E-state index is 8.40. The minimum absolute atomic E-state index is 0.788. The van der Waals surface area contributed by atoms with Gasteiger partial charge in [0.25, 0.3) is 0 Å². The van der Waals surface area contributed by atoms with Crippen LogP contribution in [0.15, 0.2) is 0 Å². The zero-order chi connectivity index (χ0) is 8.41. The zero-order valence-electron chi connectivity index (χ0n) is 4.34. The first-order valence-corrected chi connectivity index (χ1v) is 7.26. The summed E-state index contributed by atoms with van der Waals surface area (Å²) >= 11 is 1.75. The van der Waals surface area contributed by atoms with Crippen LogP contribution < -0.4 is 0 Å². The molecule has 0 aliphatic heterocycles. The zero-order valence-corrected chi connectivity index (χ0v) is 10.3. The molecule has 0 atom stereocenters. The molecule has 0 bridgehead atoms. The molecule has 0 aliphatic rings. The summed E-state index contributed by atoms with van der Waals surface area (Å²) in [5.74, 6) is 0. The molecule has 10 heavy (non-hydrogen) atoms. The quantitative estimate of drug-likeness (QED) is 0.465. The summed E-state index contributed by atoms with van der Waals surface area (Å²) in [7, 11) is 0.640. The Morgan fingerprint density at radius 2 is 1.50 bits per heavy atom. The van der Waals surface area contributed by atoms with Crippen LogP contribution in [-0.4, -0.2) is 43.9 Å². The van der Waals surface area contributed by atoms with Gasteiger partial charge in [0.05, 0.1) is 0 Å². The van der Waals surface area contributed by atoms with Gasteiger partial charge in [-0.3, -0.25) is 0 Å². The van der Waals surface area contributed by atoms with E-state index in [1.54, 1.807) is 20.0 Å². The van der Waals surface area contributed by atoms with E-state index in [1.807, 2.05) is 0 Å². The average Bonchev–Trinajstić information content (AvgIpc) is 1.93. The molecule has 0 unspecified atom stereocenters. The van der Waals surface area contributed by atoms with Gasteiger partial charge in [-0.25, -0.2) is 0 Å². The van der Waals surface area contributed by atoms with E-state index in [9.17, 15) is 0 Å². The third kappa shape index (κ3) is 12.2. The Morgan fingerprint density at radius 3 is 1.70 bits per heavy atom. The molecule has 0 rings (SSSR count). The molecular formula is H3AuClO5Si3. The van der Waals surface area contributed by atoms with Gasteiger partial charge < -0.3 is 22.6 Å². The van der Waals surface area contributed by atoms with E-state index in [1.165, 1.54) is 0 Å². The van der Waals surface area contributed by atoms with Gasteiger partial charge in [-0.1, -0.05) is 0 Å². The van der Waals surface area contributed by atoms with Crippen molar-refractivity contribution in [2.24, 2.45) is 0 Å². The second-order valence-corrected chi connectivity index (χ2v) is 3.18. The maximum absolute atomic E-state index is 8.40. The second-order valence-electron chi connectivity index (χ2n) is 0.653. The van der Waals surface area contributed by atoms with Crippen molar-refractivity contribution < 1.29 is 42.6 Å². The molecule has 0 aromatic rings. The Hall–Kier alpha value is 1.48. The van der Waals surface area contributed by atoms with Crippen LogP contribution in [-0.2, 0) is 28.2 Å².